The van der Waals surface area contributed by atoms with Crippen LogP contribution in [0.25, 0.3) is 11.5 Å². The van der Waals surface area contributed by atoms with E-state index in [0.717, 1.165) is 10.7 Å². The van der Waals surface area contributed by atoms with Gasteiger partial charge in [-0.05, 0) is 25.3 Å². The van der Waals surface area contributed by atoms with Crippen molar-refractivity contribution in [2.24, 2.45) is 5.92 Å². The fourth-order valence-corrected chi connectivity index (χ4v) is 2.36. The highest BCUT2D eigenvalue weighted by Gasteiger charge is 2.13. The van der Waals surface area contributed by atoms with Crippen LogP contribution in [-0.4, -0.2) is 29.1 Å². The molecule has 2 aromatic heterocycles. The molecule has 2 N–H and O–H groups in total. The number of furan rings is 1. The number of aliphatic hydroxyl groups excluding tert-OH is 1. The molecule has 0 aliphatic rings. The minimum Gasteiger partial charge on any atom is -0.462 e. The second-order valence-corrected chi connectivity index (χ2v) is 5.84. The maximum absolute atomic E-state index is 12.0. The molecule has 20 heavy (non-hydrogen) atoms. The molecule has 2 aromatic rings. The van der Waals surface area contributed by atoms with E-state index >= 15 is 0 Å². The summed E-state index contributed by atoms with van der Waals surface area (Å²) in [5.41, 5.74) is 1.24. The maximum atomic E-state index is 12.0. The Kier molecular flexibility index (Phi) is 4.92. The molecule has 6 heteroatoms. The lowest BCUT2D eigenvalue weighted by Crippen LogP contribution is -2.28. The molecule has 0 saturated carbocycles. The van der Waals surface area contributed by atoms with E-state index in [1.807, 2.05) is 19.2 Å². The van der Waals surface area contributed by atoms with Crippen molar-refractivity contribution in [3.8, 4) is 11.5 Å². The van der Waals surface area contributed by atoms with Crippen molar-refractivity contribution in [1.29, 1.82) is 0 Å². The van der Waals surface area contributed by atoms with Crippen molar-refractivity contribution < 1.29 is 14.3 Å². The lowest BCUT2D eigenvalue weighted by molar-refractivity contribution is 0.0945. The molecule has 0 fully saturated rings. The third kappa shape index (κ3) is 3.68. The van der Waals surface area contributed by atoms with Gasteiger partial charge >= 0.3 is 0 Å². The van der Waals surface area contributed by atoms with Gasteiger partial charge in [-0.25, -0.2) is 4.98 Å². The van der Waals surface area contributed by atoms with E-state index in [1.54, 1.807) is 17.4 Å². The quantitative estimate of drug-likeness (QED) is 0.858. The third-order valence-corrected chi connectivity index (χ3v) is 3.74. The van der Waals surface area contributed by atoms with Crippen LogP contribution in [0.3, 0.4) is 0 Å². The molecule has 0 bridgehead atoms. The first-order chi connectivity index (χ1) is 9.60. The molecule has 2 heterocycles. The molecule has 1 unspecified atom stereocenters. The van der Waals surface area contributed by atoms with Gasteiger partial charge in [0.2, 0.25) is 0 Å². The monoisotopic (exact) mass is 294 g/mol. The van der Waals surface area contributed by atoms with E-state index < -0.39 is 0 Å². The number of aliphatic hydroxyl groups is 1. The molecule has 2 rings (SSSR count). The molecule has 5 nitrogen and oxygen atoms in total. The van der Waals surface area contributed by atoms with Crippen molar-refractivity contribution in [1.82, 2.24) is 10.3 Å². The maximum Gasteiger partial charge on any atom is 0.254 e. The molecule has 1 amide bonds. The van der Waals surface area contributed by atoms with Crippen molar-refractivity contribution in [3.05, 3.63) is 28.3 Å². The minimum absolute atomic E-state index is 0.135. The van der Waals surface area contributed by atoms with Crippen LogP contribution in [0.1, 0.15) is 28.7 Å². The molecular formula is C14H18N2O3S. The fourth-order valence-electron chi connectivity index (χ4n) is 1.76. The highest BCUT2D eigenvalue weighted by Crippen LogP contribution is 2.23. The molecule has 0 aliphatic heterocycles. The van der Waals surface area contributed by atoms with Crippen LogP contribution in [0.5, 0.6) is 0 Å². The van der Waals surface area contributed by atoms with Gasteiger partial charge in [0.15, 0.2) is 5.76 Å². The van der Waals surface area contributed by atoms with E-state index in [-0.39, 0.29) is 18.4 Å². The number of hydrogen-bond acceptors (Lipinski definition) is 5. The summed E-state index contributed by atoms with van der Waals surface area (Å²) in [5.74, 6) is 0.677. The Morgan fingerprint density at radius 3 is 3.05 bits per heavy atom. The SMILES string of the molecule is Cc1nc(-c2cc(C(=O)NCC(C)CCO)co2)cs1. The Morgan fingerprint density at radius 1 is 1.60 bits per heavy atom. The van der Waals surface area contributed by atoms with Gasteiger partial charge in [-0.15, -0.1) is 11.3 Å². The Bertz CT molecular complexity index is 576. The second kappa shape index (κ2) is 6.67. The van der Waals surface area contributed by atoms with Crippen LogP contribution in [0.2, 0.25) is 0 Å². The predicted molar refractivity (Wildman–Crippen MR) is 77.8 cm³/mol. The first kappa shape index (κ1) is 14.7. The average Bonchev–Trinajstić information content (AvgIpc) is 3.04. The van der Waals surface area contributed by atoms with Gasteiger partial charge in [-0.1, -0.05) is 6.92 Å². The van der Waals surface area contributed by atoms with Crippen LogP contribution in [0, 0.1) is 12.8 Å². The van der Waals surface area contributed by atoms with Crippen LogP contribution >= 0.6 is 11.3 Å². The Balaban J connectivity index is 1.96. The van der Waals surface area contributed by atoms with Crippen molar-refractivity contribution >= 4 is 17.2 Å². The van der Waals surface area contributed by atoms with Gasteiger partial charge in [-0.2, -0.15) is 0 Å². The highest BCUT2D eigenvalue weighted by molar-refractivity contribution is 7.09. The highest BCUT2D eigenvalue weighted by atomic mass is 32.1. The standard InChI is InChI=1S/C14H18N2O3S/c1-9(3-4-17)6-15-14(18)11-5-13(19-7-11)12-8-20-10(2)16-12/h5,7-9,17H,3-4,6H2,1-2H3,(H,15,18). The molecule has 1 atom stereocenters. The largest absolute Gasteiger partial charge is 0.462 e. The number of nitrogens with one attached hydrogen (secondary N) is 1. The first-order valence-corrected chi connectivity index (χ1v) is 7.38. The number of aromatic nitrogens is 1. The number of aryl methyl sites for hydroxylation is 1. The molecule has 0 aliphatic carbocycles. The van der Waals surface area contributed by atoms with Crippen molar-refractivity contribution in [3.63, 3.8) is 0 Å². The smallest absolute Gasteiger partial charge is 0.254 e. The number of thiazole rings is 1. The lowest BCUT2D eigenvalue weighted by Gasteiger charge is -2.09. The number of nitrogens with zero attached hydrogens (tertiary/aromatic N) is 1. The molecule has 108 valence electrons. The zero-order chi connectivity index (χ0) is 14.5. The first-order valence-electron chi connectivity index (χ1n) is 6.50. The molecule has 0 radical (unpaired) electrons. The Hall–Kier alpha value is -1.66. The van der Waals surface area contributed by atoms with E-state index in [9.17, 15) is 4.79 Å². The van der Waals surface area contributed by atoms with Gasteiger partial charge in [0.25, 0.3) is 5.91 Å². The lowest BCUT2D eigenvalue weighted by atomic mass is 10.1. The predicted octanol–water partition coefficient (Wildman–Crippen LogP) is 2.46. The summed E-state index contributed by atoms with van der Waals surface area (Å²) >= 11 is 1.54. The van der Waals surface area contributed by atoms with Gasteiger partial charge in [-0.3, -0.25) is 4.79 Å². The summed E-state index contributed by atoms with van der Waals surface area (Å²) in [6.45, 7) is 4.58. The zero-order valence-corrected chi connectivity index (χ0v) is 12.4. The summed E-state index contributed by atoms with van der Waals surface area (Å²) < 4.78 is 5.38. The van der Waals surface area contributed by atoms with Gasteiger partial charge < -0.3 is 14.8 Å². The topological polar surface area (TPSA) is 75.4 Å². The van der Waals surface area contributed by atoms with E-state index in [0.29, 0.717) is 24.3 Å². The number of carbonyl (C=O) groups is 1. The van der Waals surface area contributed by atoms with E-state index in [2.05, 4.69) is 10.3 Å². The average molecular weight is 294 g/mol. The molecule has 0 spiro atoms. The summed E-state index contributed by atoms with van der Waals surface area (Å²) in [6, 6.07) is 1.69. The van der Waals surface area contributed by atoms with E-state index in [4.69, 9.17) is 9.52 Å². The minimum atomic E-state index is -0.170. The van der Waals surface area contributed by atoms with Gasteiger partial charge in [0, 0.05) is 18.5 Å². The molecule has 0 aromatic carbocycles. The third-order valence-electron chi connectivity index (χ3n) is 2.97. The number of rotatable bonds is 6. The van der Waals surface area contributed by atoms with Crippen LogP contribution < -0.4 is 5.32 Å². The summed E-state index contributed by atoms with van der Waals surface area (Å²) in [4.78, 5) is 16.3. The summed E-state index contributed by atoms with van der Waals surface area (Å²) in [7, 11) is 0. The number of carbonyl (C=O) groups excluding carboxylic acids is 1. The molecule has 0 saturated heterocycles. The normalized spacial score (nSPS) is 12.3. The Morgan fingerprint density at radius 2 is 2.40 bits per heavy atom. The van der Waals surface area contributed by atoms with Crippen LogP contribution in [-0.2, 0) is 0 Å². The van der Waals surface area contributed by atoms with Crippen molar-refractivity contribution in [2.75, 3.05) is 13.2 Å². The molecular weight excluding hydrogens is 276 g/mol. The number of hydrogen-bond donors (Lipinski definition) is 2. The van der Waals surface area contributed by atoms with E-state index in [1.165, 1.54) is 6.26 Å². The second-order valence-electron chi connectivity index (χ2n) is 4.78. The van der Waals surface area contributed by atoms with Crippen LogP contribution in [0.4, 0.5) is 0 Å². The van der Waals surface area contributed by atoms with Gasteiger partial charge in [0.05, 0.1) is 10.6 Å². The van der Waals surface area contributed by atoms with Crippen LogP contribution in [0.15, 0.2) is 22.1 Å². The number of amides is 1. The summed E-state index contributed by atoms with van der Waals surface area (Å²) in [5, 5.41) is 14.5. The fraction of sp³-hybridized carbons (Fsp3) is 0.429. The summed E-state index contributed by atoms with van der Waals surface area (Å²) in [6.07, 6.45) is 2.12. The van der Waals surface area contributed by atoms with Crippen molar-refractivity contribution in [2.45, 2.75) is 20.3 Å². The Labute approximate surface area is 121 Å². The van der Waals surface area contributed by atoms with Gasteiger partial charge in [0.1, 0.15) is 12.0 Å². The zero-order valence-electron chi connectivity index (χ0n) is 11.5.